The third kappa shape index (κ3) is 4.95. The van der Waals surface area contributed by atoms with E-state index in [1.54, 1.807) is 18.2 Å². The van der Waals surface area contributed by atoms with Gasteiger partial charge < -0.3 is 4.74 Å². The highest BCUT2D eigenvalue weighted by Gasteiger charge is 2.12. The minimum absolute atomic E-state index is 0.380. The fraction of sp³-hybridized carbons (Fsp3) is 0.500. The lowest BCUT2D eigenvalue weighted by molar-refractivity contribution is -0.113. The molecule has 0 radical (unpaired) electrons. The number of ether oxygens (including phenoxy) is 1. The van der Waals surface area contributed by atoms with E-state index in [9.17, 15) is 9.59 Å². The number of amides is 2. The van der Waals surface area contributed by atoms with Gasteiger partial charge in [-0.1, -0.05) is 33.1 Å². The molecule has 0 aliphatic carbocycles. The van der Waals surface area contributed by atoms with Crippen LogP contribution in [0.5, 0.6) is 5.75 Å². The number of hydrogen-bond donors (Lipinski definition) is 1. The highest BCUT2D eigenvalue weighted by atomic mass is 16.5. The Bertz CT molecular complexity index is 497. The number of carbonyl (C=O) groups is 2. The zero-order chi connectivity index (χ0) is 16.4. The predicted molar refractivity (Wildman–Crippen MR) is 84.7 cm³/mol. The van der Waals surface area contributed by atoms with E-state index in [0.717, 1.165) is 30.6 Å². The van der Waals surface area contributed by atoms with Gasteiger partial charge in [0.05, 0.1) is 12.3 Å². The Kier molecular flexibility index (Phi) is 7.81. The summed E-state index contributed by atoms with van der Waals surface area (Å²) >= 11 is 0. The maximum Gasteiger partial charge on any atom is 0.220 e. The van der Waals surface area contributed by atoms with E-state index in [4.69, 9.17) is 10.3 Å². The molecule has 1 rings (SSSR count). The molecule has 1 unspecified atom stereocenters. The van der Waals surface area contributed by atoms with Crippen molar-refractivity contribution < 1.29 is 14.3 Å². The maximum absolute atomic E-state index is 10.8. The van der Waals surface area contributed by atoms with Crippen molar-refractivity contribution >= 4 is 24.2 Å². The molecule has 2 amide bonds. The fourth-order valence-electron chi connectivity index (χ4n) is 2.12. The summed E-state index contributed by atoms with van der Waals surface area (Å²) in [4.78, 5) is 22.6. The van der Waals surface area contributed by atoms with Gasteiger partial charge in [-0.05, 0) is 24.5 Å². The molecular weight excluding hydrogens is 282 g/mol. The van der Waals surface area contributed by atoms with Crippen molar-refractivity contribution in [3.63, 3.8) is 0 Å². The lowest BCUT2D eigenvalue weighted by Gasteiger charge is -2.17. The minimum atomic E-state index is 0.380. The Labute approximate surface area is 131 Å². The standard InChI is InChI=1S/C16H23N3O3/c1-3-5-6-13(4-2)10-22-16-9-14(19(11-20)12-21)7-8-15(16)18-17/h7-9,11-13,17H,3-6,10H2,1-2H3. The van der Waals surface area contributed by atoms with E-state index in [1.165, 1.54) is 0 Å². The van der Waals surface area contributed by atoms with Gasteiger partial charge in [0.15, 0.2) is 0 Å². The van der Waals surface area contributed by atoms with Crippen molar-refractivity contribution in [3.05, 3.63) is 18.2 Å². The average Bonchev–Trinajstić information content (AvgIpc) is 2.56. The number of anilines is 1. The van der Waals surface area contributed by atoms with Crippen molar-refractivity contribution in [2.24, 2.45) is 11.0 Å². The topological polar surface area (TPSA) is 82.8 Å². The van der Waals surface area contributed by atoms with Gasteiger partial charge in [0.1, 0.15) is 11.4 Å². The molecule has 6 heteroatoms. The van der Waals surface area contributed by atoms with E-state index in [-0.39, 0.29) is 0 Å². The van der Waals surface area contributed by atoms with Crippen molar-refractivity contribution in [2.45, 2.75) is 39.5 Å². The third-order valence-electron chi connectivity index (χ3n) is 3.61. The van der Waals surface area contributed by atoms with E-state index < -0.39 is 0 Å². The number of nitrogens with zero attached hydrogens (tertiary/aromatic N) is 2. The van der Waals surface area contributed by atoms with Crippen LogP contribution in [0, 0.1) is 11.4 Å². The quantitative estimate of drug-likeness (QED) is 0.494. The first-order valence-corrected chi connectivity index (χ1v) is 7.53. The molecule has 0 aliphatic rings. The van der Waals surface area contributed by atoms with Crippen molar-refractivity contribution in [1.82, 2.24) is 0 Å². The Hall–Kier alpha value is -2.24. The fourth-order valence-corrected chi connectivity index (χ4v) is 2.12. The van der Waals surface area contributed by atoms with Gasteiger partial charge in [0.25, 0.3) is 0 Å². The summed E-state index contributed by atoms with van der Waals surface area (Å²) in [6.45, 7) is 4.81. The lowest BCUT2D eigenvalue weighted by Crippen LogP contribution is -2.18. The van der Waals surface area contributed by atoms with Gasteiger partial charge in [0, 0.05) is 6.07 Å². The third-order valence-corrected chi connectivity index (χ3v) is 3.61. The first-order chi connectivity index (χ1) is 10.7. The number of rotatable bonds is 11. The Balaban J connectivity index is 2.86. The number of imide groups is 1. The van der Waals surface area contributed by atoms with Crippen LogP contribution in [0.25, 0.3) is 0 Å². The van der Waals surface area contributed by atoms with Crippen LogP contribution < -0.4 is 9.64 Å². The molecular formula is C16H23N3O3. The van der Waals surface area contributed by atoms with Crippen LogP contribution in [0.15, 0.2) is 23.3 Å². The Morgan fingerprint density at radius 1 is 1.32 bits per heavy atom. The van der Waals surface area contributed by atoms with Crippen LogP contribution in [0.4, 0.5) is 11.4 Å². The van der Waals surface area contributed by atoms with E-state index in [1.807, 2.05) is 0 Å². The van der Waals surface area contributed by atoms with Gasteiger partial charge in [-0.15, -0.1) is 0 Å². The smallest absolute Gasteiger partial charge is 0.220 e. The number of hydrogen-bond acceptors (Lipinski definition) is 5. The molecule has 22 heavy (non-hydrogen) atoms. The summed E-state index contributed by atoms with van der Waals surface area (Å²) in [6.07, 6.45) is 5.27. The van der Waals surface area contributed by atoms with E-state index >= 15 is 0 Å². The molecule has 0 saturated carbocycles. The normalized spacial score (nSPS) is 11.5. The molecule has 0 aromatic heterocycles. The van der Waals surface area contributed by atoms with E-state index in [0.29, 0.717) is 42.5 Å². The van der Waals surface area contributed by atoms with Crippen LogP contribution in [0.3, 0.4) is 0 Å². The lowest BCUT2D eigenvalue weighted by atomic mass is 10.0. The summed E-state index contributed by atoms with van der Waals surface area (Å²) in [5.41, 5.74) is 7.96. The Morgan fingerprint density at radius 2 is 2.05 bits per heavy atom. The highest BCUT2D eigenvalue weighted by Crippen LogP contribution is 2.32. The minimum Gasteiger partial charge on any atom is -0.491 e. The van der Waals surface area contributed by atoms with Gasteiger partial charge in [0.2, 0.25) is 12.8 Å². The van der Waals surface area contributed by atoms with Gasteiger partial charge in [-0.3, -0.25) is 14.5 Å². The number of nitrogens with one attached hydrogen (secondary N) is 1. The zero-order valence-electron chi connectivity index (χ0n) is 13.1. The molecule has 0 heterocycles. The largest absolute Gasteiger partial charge is 0.491 e. The second kappa shape index (κ2) is 9.65. The molecule has 1 N–H and O–H groups in total. The van der Waals surface area contributed by atoms with Gasteiger partial charge in [-0.2, -0.15) is 5.11 Å². The van der Waals surface area contributed by atoms with Crippen LogP contribution in [0.2, 0.25) is 0 Å². The first-order valence-electron chi connectivity index (χ1n) is 7.53. The maximum atomic E-state index is 10.8. The van der Waals surface area contributed by atoms with Crippen LogP contribution in [-0.2, 0) is 9.59 Å². The Morgan fingerprint density at radius 3 is 2.59 bits per heavy atom. The van der Waals surface area contributed by atoms with Gasteiger partial charge >= 0.3 is 0 Å². The summed E-state index contributed by atoms with van der Waals surface area (Å²) in [6, 6.07) is 4.67. The predicted octanol–water partition coefficient (Wildman–Crippen LogP) is 4.06. The summed E-state index contributed by atoms with van der Waals surface area (Å²) < 4.78 is 5.79. The first kappa shape index (κ1) is 17.8. The number of carbonyl (C=O) groups excluding carboxylic acids is 2. The molecule has 1 aromatic carbocycles. The SMILES string of the molecule is CCCCC(CC)COc1cc(N(C=O)C=O)ccc1N=N. The average molecular weight is 305 g/mol. The number of benzene rings is 1. The second-order valence-corrected chi connectivity index (χ2v) is 5.11. The molecule has 0 spiro atoms. The molecule has 0 fully saturated rings. The van der Waals surface area contributed by atoms with Crippen LogP contribution in [-0.4, -0.2) is 19.4 Å². The van der Waals surface area contributed by atoms with Crippen LogP contribution in [0.1, 0.15) is 39.5 Å². The van der Waals surface area contributed by atoms with E-state index in [2.05, 4.69) is 19.0 Å². The molecule has 0 aliphatic heterocycles. The summed E-state index contributed by atoms with van der Waals surface area (Å²) in [5, 5.41) is 3.42. The molecule has 0 bridgehead atoms. The van der Waals surface area contributed by atoms with Crippen molar-refractivity contribution in [2.75, 3.05) is 11.5 Å². The van der Waals surface area contributed by atoms with Crippen LogP contribution >= 0.6 is 0 Å². The number of unbranched alkanes of at least 4 members (excludes halogenated alkanes) is 1. The van der Waals surface area contributed by atoms with Crippen molar-refractivity contribution in [1.29, 1.82) is 5.53 Å². The highest BCUT2D eigenvalue weighted by molar-refractivity contribution is 5.95. The molecule has 0 saturated heterocycles. The second-order valence-electron chi connectivity index (χ2n) is 5.11. The summed E-state index contributed by atoms with van der Waals surface area (Å²) in [5.74, 6) is 0.853. The monoisotopic (exact) mass is 305 g/mol. The molecule has 1 atom stereocenters. The molecule has 6 nitrogen and oxygen atoms in total. The zero-order valence-corrected chi connectivity index (χ0v) is 13.1. The molecule has 1 aromatic rings. The van der Waals surface area contributed by atoms with Crippen molar-refractivity contribution in [3.8, 4) is 5.75 Å². The molecule has 120 valence electrons. The summed E-state index contributed by atoms with van der Waals surface area (Å²) in [7, 11) is 0. The van der Waals surface area contributed by atoms with Gasteiger partial charge in [-0.25, -0.2) is 5.53 Å².